The van der Waals surface area contributed by atoms with Crippen LogP contribution < -0.4 is 0 Å². The molecule has 0 spiro atoms. The van der Waals surface area contributed by atoms with E-state index >= 15 is 0 Å². The maximum atomic E-state index is 11.0. The van der Waals surface area contributed by atoms with E-state index < -0.39 is 18.5 Å². The molecule has 0 saturated carbocycles. The molecule has 2 aromatic rings. The zero-order valence-electron chi connectivity index (χ0n) is 19.9. The average molecular weight is 460 g/mol. The van der Waals surface area contributed by atoms with E-state index in [1.807, 2.05) is 26.0 Å². The highest BCUT2D eigenvalue weighted by Crippen LogP contribution is 2.28. The van der Waals surface area contributed by atoms with Crippen LogP contribution in [0.15, 0.2) is 42.5 Å². The minimum Gasteiger partial charge on any atom is -0.385 e. The second kappa shape index (κ2) is 11.2. The summed E-state index contributed by atoms with van der Waals surface area (Å²) in [5.41, 5.74) is 0.778. The first kappa shape index (κ1) is 24.5. The summed E-state index contributed by atoms with van der Waals surface area (Å²) in [6, 6.07) is 14.6. The number of aliphatic hydroxyl groups excluding tert-OH is 1. The summed E-state index contributed by atoms with van der Waals surface area (Å²) in [5.74, 6) is 0. The summed E-state index contributed by atoms with van der Waals surface area (Å²) in [6.07, 6.45) is -1.63. The number of morpholine rings is 1. The van der Waals surface area contributed by atoms with Crippen LogP contribution in [0, 0.1) is 0 Å². The van der Waals surface area contributed by atoms with E-state index in [0.717, 1.165) is 18.7 Å². The van der Waals surface area contributed by atoms with E-state index in [9.17, 15) is 5.11 Å². The lowest BCUT2D eigenvalue weighted by molar-refractivity contribution is -0.174. The Morgan fingerprint density at radius 2 is 1.82 bits per heavy atom. The van der Waals surface area contributed by atoms with E-state index in [2.05, 4.69) is 35.2 Å². The number of hydrogen-bond acceptors (Lipinski definition) is 7. The summed E-state index contributed by atoms with van der Waals surface area (Å²) in [7, 11) is 1.69. The van der Waals surface area contributed by atoms with Crippen molar-refractivity contribution in [2.75, 3.05) is 46.6 Å². The molecule has 7 nitrogen and oxygen atoms in total. The normalized spacial score (nSPS) is 26.8. The summed E-state index contributed by atoms with van der Waals surface area (Å²) in [6.45, 7) is 8.66. The highest BCUT2D eigenvalue weighted by Gasteiger charge is 2.46. The van der Waals surface area contributed by atoms with Crippen molar-refractivity contribution in [3.05, 3.63) is 48.0 Å². The molecule has 0 aromatic heterocycles. The van der Waals surface area contributed by atoms with Crippen LogP contribution in [-0.2, 0) is 30.3 Å². The minimum absolute atomic E-state index is 0.279. The van der Waals surface area contributed by atoms with E-state index in [-0.39, 0.29) is 11.7 Å². The number of ether oxygens (including phenoxy) is 5. The fourth-order valence-corrected chi connectivity index (χ4v) is 4.28. The SMILES string of the molecule is COC(C)(C)CCOC1O[C@H](CN2CCOCC2)[C@H](OCc2ccc3ccccc3c2)[C@H]1O. The van der Waals surface area contributed by atoms with E-state index in [0.29, 0.717) is 39.4 Å². The average Bonchev–Trinajstić information content (AvgIpc) is 3.12. The van der Waals surface area contributed by atoms with Gasteiger partial charge in [-0.05, 0) is 42.7 Å². The molecule has 2 saturated heterocycles. The van der Waals surface area contributed by atoms with Gasteiger partial charge in [-0.1, -0.05) is 36.4 Å². The van der Waals surface area contributed by atoms with Crippen LogP contribution in [-0.4, -0.2) is 86.8 Å². The molecule has 1 unspecified atom stereocenters. The van der Waals surface area contributed by atoms with Gasteiger partial charge in [-0.3, -0.25) is 4.90 Å². The number of hydrogen-bond donors (Lipinski definition) is 1. The van der Waals surface area contributed by atoms with Crippen LogP contribution in [0.4, 0.5) is 0 Å². The summed E-state index contributed by atoms with van der Waals surface area (Å²) >= 11 is 0. The zero-order valence-corrected chi connectivity index (χ0v) is 19.9. The molecule has 4 atom stereocenters. The molecule has 4 rings (SSSR count). The maximum Gasteiger partial charge on any atom is 0.186 e. The maximum absolute atomic E-state index is 11.0. The standard InChI is InChI=1S/C26H37NO6/c1-26(2,29-3)10-13-31-25-23(28)24(22(33-25)17-27-11-14-30-15-12-27)32-18-19-8-9-20-6-4-5-7-21(20)16-19/h4-9,16,22-25,28H,10-15,17-18H2,1-3H3/t22-,23-,24+,25?/m1/s1. The van der Waals surface area contributed by atoms with Crippen LogP contribution >= 0.6 is 0 Å². The van der Waals surface area contributed by atoms with Gasteiger partial charge in [0, 0.05) is 26.7 Å². The summed E-state index contributed by atoms with van der Waals surface area (Å²) in [5, 5.41) is 13.4. The molecule has 182 valence electrons. The molecule has 0 amide bonds. The molecule has 0 radical (unpaired) electrons. The van der Waals surface area contributed by atoms with Gasteiger partial charge in [-0.25, -0.2) is 0 Å². The molecule has 0 aliphatic carbocycles. The predicted molar refractivity (Wildman–Crippen MR) is 126 cm³/mol. The largest absolute Gasteiger partial charge is 0.385 e. The first-order valence-electron chi connectivity index (χ1n) is 11.8. The van der Waals surface area contributed by atoms with Crippen molar-refractivity contribution in [2.45, 2.75) is 57.1 Å². The molecular formula is C26H37NO6. The Kier molecular flexibility index (Phi) is 8.35. The molecule has 1 N–H and O–H groups in total. The van der Waals surface area contributed by atoms with Gasteiger partial charge in [0.25, 0.3) is 0 Å². The van der Waals surface area contributed by atoms with Crippen LogP contribution in [0.3, 0.4) is 0 Å². The lowest BCUT2D eigenvalue weighted by atomic mass is 10.1. The first-order valence-corrected chi connectivity index (χ1v) is 11.8. The van der Waals surface area contributed by atoms with Crippen molar-refractivity contribution in [2.24, 2.45) is 0 Å². The van der Waals surface area contributed by atoms with Crippen molar-refractivity contribution in [3.8, 4) is 0 Å². The lowest BCUT2D eigenvalue weighted by Gasteiger charge is -2.30. The fraction of sp³-hybridized carbons (Fsp3) is 0.615. The van der Waals surface area contributed by atoms with Gasteiger partial charge in [0.2, 0.25) is 0 Å². The Morgan fingerprint density at radius 3 is 2.58 bits per heavy atom. The Bertz CT molecular complexity index is 884. The van der Waals surface area contributed by atoms with Gasteiger partial charge >= 0.3 is 0 Å². The predicted octanol–water partition coefficient (Wildman–Crippen LogP) is 2.97. The van der Waals surface area contributed by atoms with Gasteiger partial charge in [0.1, 0.15) is 18.3 Å². The van der Waals surface area contributed by atoms with Gasteiger partial charge in [-0.2, -0.15) is 0 Å². The number of aliphatic hydroxyl groups is 1. The van der Waals surface area contributed by atoms with Gasteiger partial charge in [0.15, 0.2) is 6.29 Å². The van der Waals surface area contributed by atoms with Gasteiger partial charge in [0.05, 0.1) is 32.0 Å². The summed E-state index contributed by atoms with van der Waals surface area (Å²) < 4.78 is 29.3. The van der Waals surface area contributed by atoms with Crippen LogP contribution in [0.1, 0.15) is 25.8 Å². The van der Waals surface area contributed by atoms with E-state index in [1.165, 1.54) is 10.8 Å². The van der Waals surface area contributed by atoms with Gasteiger partial charge < -0.3 is 28.8 Å². The Balaban J connectivity index is 1.40. The van der Waals surface area contributed by atoms with Crippen molar-refractivity contribution < 1.29 is 28.8 Å². The van der Waals surface area contributed by atoms with Crippen molar-refractivity contribution in [1.29, 1.82) is 0 Å². The molecule has 33 heavy (non-hydrogen) atoms. The molecule has 2 aromatic carbocycles. The van der Waals surface area contributed by atoms with Crippen LogP contribution in [0.25, 0.3) is 10.8 Å². The first-order chi connectivity index (χ1) is 15.9. The number of benzene rings is 2. The fourth-order valence-electron chi connectivity index (χ4n) is 4.28. The smallest absolute Gasteiger partial charge is 0.186 e. The molecule has 7 heteroatoms. The zero-order chi connectivity index (χ0) is 23.3. The van der Waals surface area contributed by atoms with Gasteiger partial charge in [-0.15, -0.1) is 0 Å². The number of nitrogens with zero attached hydrogens (tertiary/aromatic N) is 1. The molecule has 2 heterocycles. The van der Waals surface area contributed by atoms with Crippen molar-refractivity contribution >= 4 is 10.8 Å². The van der Waals surface area contributed by atoms with E-state index in [1.54, 1.807) is 7.11 Å². The van der Waals surface area contributed by atoms with E-state index in [4.69, 9.17) is 23.7 Å². The third kappa shape index (κ3) is 6.51. The summed E-state index contributed by atoms with van der Waals surface area (Å²) in [4.78, 5) is 2.30. The Hall–Kier alpha value is -1.58. The highest BCUT2D eigenvalue weighted by atomic mass is 16.7. The third-order valence-corrected chi connectivity index (χ3v) is 6.63. The highest BCUT2D eigenvalue weighted by molar-refractivity contribution is 5.82. The molecule has 2 aliphatic heterocycles. The monoisotopic (exact) mass is 459 g/mol. The van der Waals surface area contributed by atoms with Crippen LogP contribution in [0.2, 0.25) is 0 Å². The lowest BCUT2D eigenvalue weighted by Crippen LogP contribution is -2.45. The van der Waals surface area contributed by atoms with Crippen molar-refractivity contribution in [1.82, 2.24) is 4.90 Å². The quantitative estimate of drug-likeness (QED) is 0.586. The Labute approximate surface area is 196 Å². The number of methoxy groups -OCH3 is 1. The second-order valence-electron chi connectivity index (χ2n) is 9.49. The topological polar surface area (TPSA) is 69.6 Å². The molecule has 2 fully saturated rings. The van der Waals surface area contributed by atoms with Crippen LogP contribution in [0.5, 0.6) is 0 Å². The molecule has 2 aliphatic rings. The molecular weight excluding hydrogens is 422 g/mol. The molecule has 0 bridgehead atoms. The van der Waals surface area contributed by atoms with Crippen molar-refractivity contribution in [3.63, 3.8) is 0 Å². The number of rotatable bonds is 10. The second-order valence-corrected chi connectivity index (χ2v) is 9.49. The third-order valence-electron chi connectivity index (χ3n) is 6.63. The Morgan fingerprint density at radius 1 is 1.06 bits per heavy atom. The number of fused-ring (bicyclic) bond motifs is 1. The minimum atomic E-state index is -0.859.